The second-order valence-corrected chi connectivity index (χ2v) is 3.83. The number of hydrogen-bond donors (Lipinski definition) is 1. The molecule has 0 unspecified atom stereocenters. The highest BCUT2D eigenvalue weighted by atomic mass is 35.5. The van der Waals surface area contributed by atoms with E-state index in [4.69, 9.17) is 27.9 Å². The molecule has 0 radical (unpaired) electrons. The van der Waals surface area contributed by atoms with Gasteiger partial charge in [0.2, 0.25) is 0 Å². The zero-order chi connectivity index (χ0) is 9.61. The van der Waals surface area contributed by atoms with Crippen molar-refractivity contribution in [2.75, 3.05) is 20.2 Å². The van der Waals surface area contributed by atoms with E-state index in [1.165, 1.54) is 5.54 Å². The molecule has 0 saturated heterocycles. The van der Waals surface area contributed by atoms with Crippen LogP contribution in [0.2, 0.25) is 0 Å². The van der Waals surface area contributed by atoms with Gasteiger partial charge in [-0.3, -0.25) is 0 Å². The molecule has 4 heteroatoms. The maximum absolute atomic E-state index is 5.66. The lowest BCUT2D eigenvalue weighted by Crippen LogP contribution is -2.37. The van der Waals surface area contributed by atoms with Gasteiger partial charge in [-0.1, -0.05) is 23.2 Å². The molecule has 0 heterocycles. The molecule has 0 saturated carbocycles. The van der Waals surface area contributed by atoms with Crippen molar-refractivity contribution in [1.29, 1.82) is 0 Å². The second kappa shape index (κ2) is 5.81. The minimum atomic E-state index is -0.163. The van der Waals surface area contributed by atoms with Gasteiger partial charge in [-0.05, 0) is 13.8 Å². The molecule has 0 aliphatic heterocycles. The van der Waals surface area contributed by atoms with Gasteiger partial charge < -0.3 is 10.1 Å². The van der Waals surface area contributed by atoms with Gasteiger partial charge >= 0.3 is 0 Å². The minimum Gasteiger partial charge on any atom is -0.377 e. The molecule has 2 nitrogen and oxygen atoms in total. The van der Waals surface area contributed by atoms with Gasteiger partial charge in [0.1, 0.15) is 0 Å². The largest absolute Gasteiger partial charge is 0.377 e. The van der Waals surface area contributed by atoms with Gasteiger partial charge in [0, 0.05) is 30.8 Å². The molecule has 0 rings (SSSR count). The number of halogens is 2. The molecule has 0 atom stereocenters. The van der Waals surface area contributed by atoms with Crippen molar-refractivity contribution in [3.8, 4) is 0 Å². The van der Waals surface area contributed by atoms with E-state index < -0.39 is 0 Å². The van der Waals surface area contributed by atoms with Crippen molar-refractivity contribution in [3.63, 3.8) is 0 Å². The van der Waals surface area contributed by atoms with Gasteiger partial charge in [0.25, 0.3) is 0 Å². The van der Waals surface area contributed by atoms with Crippen LogP contribution in [0, 0.1) is 0 Å². The molecule has 0 aromatic carbocycles. The van der Waals surface area contributed by atoms with E-state index in [0.29, 0.717) is 11.6 Å². The molecule has 0 amide bonds. The Morgan fingerprint density at radius 1 is 1.58 bits per heavy atom. The van der Waals surface area contributed by atoms with Crippen LogP contribution < -0.4 is 5.32 Å². The molecule has 0 aromatic rings. The number of hydrogen-bond acceptors (Lipinski definition) is 2. The first kappa shape index (κ1) is 12.2. The topological polar surface area (TPSA) is 21.3 Å². The van der Waals surface area contributed by atoms with E-state index in [-0.39, 0.29) is 5.60 Å². The van der Waals surface area contributed by atoms with E-state index in [1.807, 2.05) is 13.8 Å². The Kier molecular flexibility index (Phi) is 5.93. The summed E-state index contributed by atoms with van der Waals surface area (Å²) in [5.74, 6) is 0. The molecular formula is C8H15Cl2NO. The number of nitrogens with one attached hydrogen (secondary N) is 1. The third-order valence-corrected chi connectivity index (χ3v) is 2.13. The summed E-state index contributed by atoms with van der Waals surface area (Å²) in [4.78, 5) is 0. The zero-order valence-electron chi connectivity index (χ0n) is 7.66. The predicted molar refractivity (Wildman–Crippen MR) is 53.7 cm³/mol. The van der Waals surface area contributed by atoms with Crippen LogP contribution in [0.25, 0.3) is 0 Å². The van der Waals surface area contributed by atoms with Crippen LogP contribution in [0.5, 0.6) is 0 Å². The summed E-state index contributed by atoms with van der Waals surface area (Å²) in [5.41, 5.74) is 1.19. The van der Waals surface area contributed by atoms with Crippen LogP contribution in [0.1, 0.15) is 13.8 Å². The average Bonchev–Trinajstić information content (AvgIpc) is 2.04. The molecule has 0 aromatic heterocycles. The summed E-state index contributed by atoms with van der Waals surface area (Å²) in [5, 5.41) is 3.72. The standard InChI is InChI=1S/C8H15Cl2NO/c1-8(2,12-3)6-11-5-7(10)4-9/h4,11H,5-6H2,1-3H3. The van der Waals surface area contributed by atoms with Crippen molar-refractivity contribution < 1.29 is 4.74 Å². The van der Waals surface area contributed by atoms with Crippen LogP contribution in [0.3, 0.4) is 0 Å². The van der Waals surface area contributed by atoms with E-state index in [0.717, 1.165) is 6.54 Å². The molecule has 0 bridgehead atoms. The second-order valence-electron chi connectivity index (χ2n) is 3.12. The quantitative estimate of drug-likeness (QED) is 0.755. The third-order valence-electron chi connectivity index (χ3n) is 1.52. The minimum absolute atomic E-state index is 0.163. The molecule has 12 heavy (non-hydrogen) atoms. The number of ether oxygens (including phenoxy) is 1. The van der Waals surface area contributed by atoms with E-state index in [9.17, 15) is 0 Å². The summed E-state index contributed by atoms with van der Waals surface area (Å²) in [6, 6.07) is 0. The first-order valence-corrected chi connectivity index (χ1v) is 4.54. The van der Waals surface area contributed by atoms with Crippen LogP contribution in [-0.2, 0) is 4.74 Å². The molecular weight excluding hydrogens is 197 g/mol. The highest BCUT2D eigenvalue weighted by Crippen LogP contribution is 2.06. The average molecular weight is 212 g/mol. The van der Waals surface area contributed by atoms with Crippen LogP contribution in [-0.4, -0.2) is 25.8 Å². The van der Waals surface area contributed by atoms with Gasteiger partial charge in [-0.2, -0.15) is 0 Å². The van der Waals surface area contributed by atoms with Gasteiger partial charge in [0.15, 0.2) is 0 Å². The maximum Gasteiger partial charge on any atom is 0.0746 e. The summed E-state index contributed by atoms with van der Waals surface area (Å²) < 4.78 is 5.20. The van der Waals surface area contributed by atoms with Crippen LogP contribution >= 0.6 is 23.2 Å². The molecule has 1 N–H and O–H groups in total. The molecule has 72 valence electrons. The predicted octanol–water partition coefficient (Wildman–Crippen LogP) is 2.32. The fraction of sp³-hybridized carbons (Fsp3) is 0.750. The lowest BCUT2D eigenvalue weighted by atomic mass is 10.1. The Balaban J connectivity index is 3.56. The zero-order valence-corrected chi connectivity index (χ0v) is 9.17. The monoisotopic (exact) mass is 211 g/mol. The van der Waals surface area contributed by atoms with E-state index in [2.05, 4.69) is 5.32 Å². The third kappa shape index (κ3) is 5.84. The van der Waals surface area contributed by atoms with Crippen molar-refractivity contribution in [2.45, 2.75) is 19.4 Å². The van der Waals surface area contributed by atoms with Gasteiger partial charge in [0.05, 0.1) is 5.60 Å². The van der Waals surface area contributed by atoms with Gasteiger partial charge in [-0.15, -0.1) is 0 Å². The summed E-state index contributed by atoms with van der Waals surface area (Å²) in [6.07, 6.45) is 0. The fourth-order valence-electron chi connectivity index (χ4n) is 0.594. The molecule has 0 spiro atoms. The Labute approximate surface area is 83.9 Å². The first-order chi connectivity index (χ1) is 5.52. The van der Waals surface area contributed by atoms with E-state index in [1.54, 1.807) is 7.11 Å². The number of rotatable bonds is 5. The lowest BCUT2D eigenvalue weighted by Gasteiger charge is -2.22. The van der Waals surface area contributed by atoms with Crippen molar-refractivity contribution in [1.82, 2.24) is 5.32 Å². The van der Waals surface area contributed by atoms with Crippen LogP contribution in [0.15, 0.2) is 10.6 Å². The lowest BCUT2D eigenvalue weighted by molar-refractivity contribution is 0.0240. The van der Waals surface area contributed by atoms with Crippen molar-refractivity contribution >= 4 is 23.2 Å². The summed E-state index contributed by atoms with van der Waals surface area (Å²) >= 11 is 11.0. The van der Waals surface area contributed by atoms with Crippen molar-refractivity contribution in [2.24, 2.45) is 0 Å². The van der Waals surface area contributed by atoms with Crippen molar-refractivity contribution in [3.05, 3.63) is 10.6 Å². The molecule has 0 aliphatic rings. The SMILES string of the molecule is COC(C)(C)CNCC(Cl)=CCl. The van der Waals surface area contributed by atoms with Gasteiger partial charge in [-0.25, -0.2) is 0 Å². The molecule has 0 aliphatic carbocycles. The Hall–Kier alpha value is 0.240. The number of methoxy groups -OCH3 is 1. The first-order valence-electron chi connectivity index (χ1n) is 3.72. The fourth-order valence-corrected chi connectivity index (χ4v) is 0.765. The Bertz CT molecular complexity index is 157. The highest BCUT2D eigenvalue weighted by molar-refractivity contribution is 6.36. The normalized spacial score (nSPS) is 13.6. The molecule has 0 fully saturated rings. The highest BCUT2D eigenvalue weighted by Gasteiger charge is 2.14. The van der Waals surface area contributed by atoms with Crippen LogP contribution in [0.4, 0.5) is 0 Å². The van der Waals surface area contributed by atoms with E-state index >= 15 is 0 Å². The summed E-state index contributed by atoms with van der Waals surface area (Å²) in [7, 11) is 1.68. The Morgan fingerprint density at radius 2 is 2.17 bits per heavy atom. The maximum atomic E-state index is 5.66. The Morgan fingerprint density at radius 3 is 2.58 bits per heavy atom. The summed E-state index contributed by atoms with van der Waals surface area (Å²) in [6.45, 7) is 5.32. The smallest absolute Gasteiger partial charge is 0.0746 e.